The highest BCUT2D eigenvalue weighted by atomic mass is 16.5. The zero-order valence-corrected chi connectivity index (χ0v) is 7.03. The summed E-state index contributed by atoms with van der Waals surface area (Å²) >= 11 is 0. The second-order valence-electron chi connectivity index (χ2n) is 3.05. The molecule has 66 valence electrons. The maximum atomic E-state index is 8.75. The molecule has 1 heterocycles. The van der Waals surface area contributed by atoms with Gasteiger partial charge in [-0.1, -0.05) is 0 Å². The van der Waals surface area contributed by atoms with Crippen LogP contribution in [0.2, 0.25) is 0 Å². The van der Waals surface area contributed by atoms with E-state index in [9.17, 15) is 0 Å². The maximum absolute atomic E-state index is 8.75. The topological polar surface area (TPSA) is 71.9 Å². The minimum atomic E-state index is 0.253. The number of aromatic nitrogens is 1. The molecule has 1 fully saturated rings. The highest BCUT2D eigenvalue weighted by Gasteiger charge is 2.25. The Morgan fingerprint density at radius 1 is 1.62 bits per heavy atom. The minimum absolute atomic E-state index is 0.253. The van der Waals surface area contributed by atoms with Gasteiger partial charge in [0.25, 0.3) is 0 Å². The Labute approximate surface area is 76.0 Å². The Morgan fingerprint density at radius 2 is 2.38 bits per heavy atom. The van der Waals surface area contributed by atoms with Gasteiger partial charge in [0.2, 0.25) is 5.88 Å². The Balaban J connectivity index is 2.27. The van der Waals surface area contributed by atoms with Crippen molar-refractivity contribution < 1.29 is 4.74 Å². The van der Waals surface area contributed by atoms with Crippen molar-refractivity contribution in [3.8, 4) is 11.9 Å². The van der Waals surface area contributed by atoms with E-state index in [-0.39, 0.29) is 6.10 Å². The number of nitriles is 1. The summed E-state index contributed by atoms with van der Waals surface area (Å²) in [5, 5.41) is 8.75. The van der Waals surface area contributed by atoms with E-state index in [4.69, 9.17) is 15.7 Å². The van der Waals surface area contributed by atoms with Gasteiger partial charge in [0.05, 0.1) is 11.9 Å². The molecule has 4 heteroatoms. The van der Waals surface area contributed by atoms with Gasteiger partial charge >= 0.3 is 0 Å². The van der Waals surface area contributed by atoms with Crippen molar-refractivity contribution >= 4 is 5.69 Å². The fourth-order valence-electron chi connectivity index (χ4n) is 0.986. The molecule has 1 aromatic rings. The first-order chi connectivity index (χ1) is 6.29. The maximum Gasteiger partial charge on any atom is 0.232 e. The van der Waals surface area contributed by atoms with Crippen molar-refractivity contribution in [2.24, 2.45) is 0 Å². The molecular weight excluding hydrogens is 166 g/mol. The number of nitrogens with two attached hydrogens (primary N) is 1. The third kappa shape index (κ3) is 1.70. The number of hydrogen-bond donors (Lipinski definition) is 1. The fraction of sp³-hybridized carbons (Fsp3) is 0.333. The van der Waals surface area contributed by atoms with E-state index in [2.05, 4.69) is 4.98 Å². The van der Waals surface area contributed by atoms with Gasteiger partial charge in [-0.05, 0) is 18.9 Å². The van der Waals surface area contributed by atoms with Crippen molar-refractivity contribution in [1.29, 1.82) is 5.26 Å². The van der Waals surface area contributed by atoms with E-state index in [0.717, 1.165) is 12.8 Å². The predicted molar refractivity (Wildman–Crippen MR) is 47.0 cm³/mol. The van der Waals surface area contributed by atoms with E-state index in [1.807, 2.05) is 6.07 Å². The first-order valence-corrected chi connectivity index (χ1v) is 4.12. The molecule has 0 aliphatic heterocycles. The van der Waals surface area contributed by atoms with E-state index >= 15 is 0 Å². The molecule has 4 nitrogen and oxygen atoms in total. The molecule has 0 spiro atoms. The molecule has 0 bridgehead atoms. The Hall–Kier alpha value is -1.76. The molecule has 13 heavy (non-hydrogen) atoms. The van der Waals surface area contributed by atoms with Gasteiger partial charge in [0.15, 0.2) is 0 Å². The molecule has 0 atom stereocenters. The van der Waals surface area contributed by atoms with Crippen LogP contribution in [0, 0.1) is 11.3 Å². The lowest BCUT2D eigenvalue weighted by molar-refractivity contribution is 0.290. The summed E-state index contributed by atoms with van der Waals surface area (Å²) < 4.78 is 5.41. The molecule has 1 aliphatic carbocycles. The van der Waals surface area contributed by atoms with Crippen LogP contribution in [0.1, 0.15) is 18.4 Å². The zero-order chi connectivity index (χ0) is 9.26. The average molecular weight is 175 g/mol. The van der Waals surface area contributed by atoms with E-state index in [1.165, 1.54) is 6.20 Å². The van der Waals surface area contributed by atoms with E-state index in [0.29, 0.717) is 17.1 Å². The Morgan fingerprint density at radius 3 is 3.00 bits per heavy atom. The van der Waals surface area contributed by atoms with Crippen molar-refractivity contribution in [3.05, 3.63) is 17.8 Å². The van der Waals surface area contributed by atoms with Crippen LogP contribution >= 0.6 is 0 Å². The number of nitrogen functional groups attached to an aromatic ring is 1. The van der Waals surface area contributed by atoms with Crippen LogP contribution in [0.3, 0.4) is 0 Å². The second kappa shape index (κ2) is 2.94. The Kier molecular flexibility index (Phi) is 1.78. The van der Waals surface area contributed by atoms with Gasteiger partial charge in [-0.15, -0.1) is 0 Å². The first-order valence-electron chi connectivity index (χ1n) is 4.12. The van der Waals surface area contributed by atoms with Crippen LogP contribution in [0.4, 0.5) is 5.69 Å². The fourth-order valence-corrected chi connectivity index (χ4v) is 0.986. The Bertz CT molecular complexity index is 366. The summed E-state index contributed by atoms with van der Waals surface area (Å²) in [5.74, 6) is 0.402. The number of hydrogen-bond acceptors (Lipinski definition) is 4. The SMILES string of the molecule is N#Cc1cc(N)cnc1OC1CC1. The molecule has 0 saturated heterocycles. The van der Waals surface area contributed by atoms with Gasteiger partial charge in [-0.2, -0.15) is 5.26 Å². The highest BCUT2D eigenvalue weighted by Crippen LogP contribution is 2.27. The zero-order valence-electron chi connectivity index (χ0n) is 7.03. The summed E-state index contributed by atoms with van der Waals surface area (Å²) in [7, 11) is 0. The molecule has 2 rings (SSSR count). The first kappa shape index (κ1) is 7.87. The van der Waals surface area contributed by atoms with Crippen LogP contribution in [-0.2, 0) is 0 Å². The summed E-state index contributed by atoms with van der Waals surface area (Å²) in [6, 6.07) is 3.58. The van der Waals surface area contributed by atoms with Gasteiger partial charge in [-0.25, -0.2) is 4.98 Å². The van der Waals surface area contributed by atoms with Crippen LogP contribution in [0.15, 0.2) is 12.3 Å². The monoisotopic (exact) mass is 175 g/mol. The molecule has 1 saturated carbocycles. The number of anilines is 1. The molecular formula is C9H9N3O. The van der Waals surface area contributed by atoms with Gasteiger partial charge < -0.3 is 10.5 Å². The molecule has 0 aromatic carbocycles. The third-order valence-corrected chi connectivity index (χ3v) is 1.80. The van der Waals surface area contributed by atoms with E-state index < -0.39 is 0 Å². The van der Waals surface area contributed by atoms with Crippen molar-refractivity contribution in [1.82, 2.24) is 4.98 Å². The van der Waals surface area contributed by atoms with Crippen LogP contribution in [-0.4, -0.2) is 11.1 Å². The molecule has 0 amide bonds. The molecule has 0 unspecified atom stereocenters. The van der Waals surface area contributed by atoms with Gasteiger partial charge in [0.1, 0.15) is 17.7 Å². The standard InChI is InChI=1S/C9H9N3O/c10-4-6-3-7(11)5-12-9(6)13-8-1-2-8/h3,5,8H,1-2,11H2. The molecule has 1 aromatic heterocycles. The highest BCUT2D eigenvalue weighted by molar-refractivity contribution is 5.48. The lowest BCUT2D eigenvalue weighted by atomic mass is 10.3. The number of ether oxygens (including phenoxy) is 1. The number of rotatable bonds is 2. The van der Waals surface area contributed by atoms with Gasteiger partial charge in [0, 0.05) is 0 Å². The smallest absolute Gasteiger partial charge is 0.232 e. The normalized spacial score (nSPS) is 15.0. The number of nitrogens with zero attached hydrogens (tertiary/aromatic N) is 2. The third-order valence-electron chi connectivity index (χ3n) is 1.80. The predicted octanol–water partition coefficient (Wildman–Crippen LogP) is 1.08. The molecule has 1 aliphatic rings. The van der Waals surface area contributed by atoms with Crippen molar-refractivity contribution in [2.75, 3.05) is 5.73 Å². The van der Waals surface area contributed by atoms with Gasteiger partial charge in [-0.3, -0.25) is 0 Å². The summed E-state index contributed by atoms with van der Waals surface area (Å²) in [6.07, 6.45) is 3.86. The van der Waals surface area contributed by atoms with Crippen LogP contribution in [0.5, 0.6) is 5.88 Å². The summed E-state index contributed by atoms with van der Waals surface area (Å²) in [5.41, 5.74) is 6.38. The number of pyridine rings is 1. The van der Waals surface area contributed by atoms with Crippen LogP contribution < -0.4 is 10.5 Å². The second-order valence-corrected chi connectivity index (χ2v) is 3.05. The van der Waals surface area contributed by atoms with Crippen LogP contribution in [0.25, 0.3) is 0 Å². The van der Waals surface area contributed by atoms with E-state index in [1.54, 1.807) is 6.07 Å². The average Bonchev–Trinajstić information content (AvgIpc) is 2.92. The lowest BCUT2D eigenvalue weighted by Gasteiger charge is -2.04. The molecule has 2 N–H and O–H groups in total. The quantitative estimate of drug-likeness (QED) is 0.729. The molecule has 0 radical (unpaired) electrons. The summed E-state index contributed by atoms with van der Waals surface area (Å²) in [4.78, 5) is 3.96. The lowest BCUT2D eigenvalue weighted by Crippen LogP contribution is -2.01. The van der Waals surface area contributed by atoms with Crippen molar-refractivity contribution in [2.45, 2.75) is 18.9 Å². The minimum Gasteiger partial charge on any atom is -0.473 e. The largest absolute Gasteiger partial charge is 0.473 e. The summed E-state index contributed by atoms with van der Waals surface area (Å²) in [6.45, 7) is 0. The van der Waals surface area contributed by atoms with Crippen molar-refractivity contribution in [3.63, 3.8) is 0 Å².